The van der Waals surface area contributed by atoms with E-state index in [9.17, 15) is 4.79 Å². The molecule has 4 heteroatoms. The Kier molecular flexibility index (Phi) is 6.45. The Morgan fingerprint density at radius 2 is 2.11 bits per heavy atom. The maximum absolute atomic E-state index is 11.8. The van der Waals surface area contributed by atoms with Crippen LogP contribution in [-0.4, -0.2) is 31.0 Å². The first-order valence-corrected chi connectivity index (χ1v) is 6.55. The molecule has 102 valence electrons. The van der Waals surface area contributed by atoms with E-state index in [1.54, 1.807) is 36.2 Å². The predicted molar refractivity (Wildman–Crippen MR) is 73.8 cm³/mol. The lowest BCUT2D eigenvalue weighted by molar-refractivity contribution is -0.132. The van der Waals surface area contributed by atoms with E-state index in [1.165, 1.54) is 0 Å². The SMILES string of the molecule is CCCCCN(C)C(=O)COc1ccccc1C#N. The smallest absolute Gasteiger partial charge is 0.260 e. The Bertz CT molecular complexity index is 452. The molecule has 1 rings (SSSR count). The monoisotopic (exact) mass is 260 g/mol. The van der Waals surface area contributed by atoms with Crippen molar-refractivity contribution in [1.29, 1.82) is 5.26 Å². The minimum absolute atomic E-state index is 0.0265. The van der Waals surface area contributed by atoms with Crippen molar-refractivity contribution in [2.75, 3.05) is 20.2 Å². The highest BCUT2D eigenvalue weighted by atomic mass is 16.5. The fourth-order valence-electron chi connectivity index (χ4n) is 1.66. The van der Waals surface area contributed by atoms with Gasteiger partial charge in [-0.15, -0.1) is 0 Å². The minimum atomic E-state index is -0.0659. The Morgan fingerprint density at radius 3 is 2.79 bits per heavy atom. The molecule has 0 atom stereocenters. The van der Waals surface area contributed by atoms with Gasteiger partial charge in [-0.25, -0.2) is 0 Å². The van der Waals surface area contributed by atoms with Crippen LogP contribution in [0.4, 0.5) is 0 Å². The molecule has 0 radical (unpaired) electrons. The number of hydrogen-bond donors (Lipinski definition) is 0. The highest BCUT2D eigenvalue weighted by Gasteiger charge is 2.10. The summed E-state index contributed by atoms with van der Waals surface area (Å²) in [6.07, 6.45) is 3.26. The lowest BCUT2D eigenvalue weighted by atomic mass is 10.2. The zero-order valence-corrected chi connectivity index (χ0v) is 11.6. The van der Waals surface area contributed by atoms with Crippen molar-refractivity contribution in [3.63, 3.8) is 0 Å². The number of nitriles is 1. The van der Waals surface area contributed by atoms with E-state index < -0.39 is 0 Å². The molecular weight excluding hydrogens is 240 g/mol. The average Bonchev–Trinajstić information content (AvgIpc) is 2.45. The molecule has 0 heterocycles. The van der Waals surface area contributed by atoms with Crippen molar-refractivity contribution in [2.24, 2.45) is 0 Å². The van der Waals surface area contributed by atoms with Gasteiger partial charge >= 0.3 is 0 Å². The van der Waals surface area contributed by atoms with Gasteiger partial charge in [-0.1, -0.05) is 31.9 Å². The van der Waals surface area contributed by atoms with E-state index in [2.05, 4.69) is 6.92 Å². The third-order valence-corrected chi connectivity index (χ3v) is 2.88. The molecule has 4 nitrogen and oxygen atoms in total. The van der Waals surface area contributed by atoms with Crippen LogP contribution in [-0.2, 0) is 4.79 Å². The molecule has 0 unspecified atom stereocenters. The summed E-state index contributed by atoms with van der Waals surface area (Å²) in [5.41, 5.74) is 0.448. The fraction of sp³-hybridized carbons (Fsp3) is 0.467. The first-order valence-electron chi connectivity index (χ1n) is 6.55. The van der Waals surface area contributed by atoms with E-state index in [0.717, 1.165) is 25.8 Å². The molecule has 19 heavy (non-hydrogen) atoms. The van der Waals surface area contributed by atoms with Gasteiger partial charge < -0.3 is 9.64 Å². The zero-order valence-electron chi connectivity index (χ0n) is 11.6. The number of para-hydroxylation sites is 1. The number of ether oxygens (including phenoxy) is 1. The van der Waals surface area contributed by atoms with Gasteiger partial charge in [0.2, 0.25) is 0 Å². The van der Waals surface area contributed by atoms with Crippen LogP contribution in [0.5, 0.6) is 5.75 Å². The van der Waals surface area contributed by atoms with Crippen LogP contribution < -0.4 is 4.74 Å². The number of amides is 1. The van der Waals surface area contributed by atoms with Crippen LogP contribution >= 0.6 is 0 Å². The van der Waals surface area contributed by atoms with Gasteiger partial charge in [-0.3, -0.25) is 4.79 Å². The van der Waals surface area contributed by atoms with Gasteiger partial charge in [0.25, 0.3) is 5.91 Å². The van der Waals surface area contributed by atoms with Gasteiger partial charge in [0.05, 0.1) is 5.56 Å². The van der Waals surface area contributed by atoms with Crippen LogP contribution in [0.15, 0.2) is 24.3 Å². The molecule has 0 aromatic heterocycles. The third-order valence-electron chi connectivity index (χ3n) is 2.88. The van der Waals surface area contributed by atoms with Gasteiger partial charge in [0, 0.05) is 13.6 Å². The summed E-state index contributed by atoms with van der Waals surface area (Å²) in [5.74, 6) is 0.393. The highest BCUT2D eigenvalue weighted by Crippen LogP contribution is 2.16. The van der Waals surface area contributed by atoms with E-state index in [1.807, 2.05) is 6.07 Å². The lowest BCUT2D eigenvalue weighted by Crippen LogP contribution is -2.32. The largest absolute Gasteiger partial charge is 0.482 e. The Morgan fingerprint density at radius 1 is 1.37 bits per heavy atom. The summed E-state index contributed by atoms with van der Waals surface area (Å²) < 4.78 is 5.40. The Balaban J connectivity index is 2.43. The predicted octanol–water partition coefficient (Wildman–Crippen LogP) is 2.59. The third kappa shape index (κ3) is 5.01. The molecular formula is C15H20N2O2. The van der Waals surface area contributed by atoms with E-state index >= 15 is 0 Å². The number of unbranched alkanes of at least 4 members (excludes halogenated alkanes) is 2. The highest BCUT2D eigenvalue weighted by molar-refractivity contribution is 5.77. The maximum Gasteiger partial charge on any atom is 0.260 e. The summed E-state index contributed by atoms with van der Waals surface area (Å²) >= 11 is 0. The number of benzene rings is 1. The second-order valence-corrected chi connectivity index (χ2v) is 4.42. The van der Waals surface area contributed by atoms with Crippen molar-refractivity contribution in [3.05, 3.63) is 29.8 Å². The van der Waals surface area contributed by atoms with Gasteiger partial charge in [0.15, 0.2) is 6.61 Å². The number of hydrogen-bond acceptors (Lipinski definition) is 3. The van der Waals surface area contributed by atoms with Gasteiger partial charge in [-0.05, 0) is 18.6 Å². The number of carbonyl (C=O) groups excluding carboxylic acids is 1. The number of rotatable bonds is 7. The second kappa shape index (κ2) is 8.15. The lowest BCUT2D eigenvalue weighted by Gasteiger charge is -2.17. The van der Waals surface area contributed by atoms with Crippen molar-refractivity contribution in [1.82, 2.24) is 4.90 Å². The molecule has 0 aliphatic rings. The molecule has 0 N–H and O–H groups in total. The van der Waals surface area contributed by atoms with Gasteiger partial charge in [-0.2, -0.15) is 5.26 Å². The Labute approximate surface area is 114 Å². The normalized spacial score (nSPS) is 9.74. The van der Waals surface area contributed by atoms with Crippen molar-refractivity contribution < 1.29 is 9.53 Å². The number of likely N-dealkylation sites (N-methyl/N-ethyl adjacent to an activating group) is 1. The standard InChI is InChI=1S/C15H20N2O2/c1-3-4-7-10-17(2)15(18)12-19-14-9-6-5-8-13(14)11-16/h5-6,8-9H,3-4,7,10,12H2,1-2H3. The van der Waals surface area contributed by atoms with Crippen LogP contribution in [0.1, 0.15) is 31.7 Å². The molecule has 1 aromatic carbocycles. The summed E-state index contributed by atoms with van der Waals surface area (Å²) in [7, 11) is 1.78. The molecule has 0 saturated carbocycles. The van der Waals surface area contributed by atoms with Crippen LogP contribution in [0.25, 0.3) is 0 Å². The van der Waals surface area contributed by atoms with Crippen molar-refractivity contribution in [2.45, 2.75) is 26.2 Å². The molecule has 1 amide bonds. The van der Waals surface area contributed by atoms with Crippen LogP contribution in [0.3, 0.4) is 0 Å². The zero-order chi connectivity index (χ0) is 14.1. The maximum atomic E-state index is 11.8. The summed E-state index contributed by atoms with van der Waals surface area (Å²) in [6, 6.07) is 8.96. The van der Waals surface area contributed by atoms with E-state index in [-0.39, 0.29) is 12.5 Å². The fourth-order valence-corrected chi connectivity index (χ4v) is 1.66. The van der Waals surface area contributed by atoms with Crippen molar-refractivity contribution >= 4 is 5.91 Å². The van der Waals surface area contributed by atoms with Crippen molar-refractivity contribution in [3.8, 4) is 11.8 Å². The molecule has 0 bridgehead atoms. The summed E-state index contributed by atoms with van der Waals surface area (Å²) in [4.78, 5) is 13.5. The topological polar surface area (TPSA) is 53.3 Å². The molecule has 0 aliphatic carbocycles. The first kappa shape index (κ1) is 15.0. The molecule has 1 aromatic rings. The average molecular weight is 260 g/mol. The first-order chi connectivity index (χ1) is 9.19. The Hall–Kier alpha value is -2.02. The van der Waals surface area contributed by atoms with Crippen LogP contribution in [0, 0.1) is 11.3 Å². The number of carbonyl (C=O) groups is 1. The van der Waals surface area contributed by atoms with E-state index in [0.29, 0.717) is 11.3 Å². The molecule has 0 aliphatic heterocycles. The molecule has 0 saturated heterocycles. The summed E-state index contributed by atoms with van der Waals surface area (Å²) in [6.45, 7) is 2.85. The number of nitrogens with zero attached hydrogens (tertiary/aromatic N) is 2. The minimum Gasteiger partial charge on any atom is -0.482 e. The van der Waals surface area contributed by atoms with Gasteiger partial charge in [0.1, 0.15) is 11.8 Å². The molecule has 0 fully saturated rings. The quantitative estimate of drug-likeness (QED) is 0.708. The van der Waals surface area contributed by atoms with Crippen LogP contribution in [0.2, 0.25) is 0 Å². The van der Waals surface area contributed by atoms with E-state index in [4.69, 9.17) is 10.00 Å². The summed E-state index contributed by atoms with van der Waals surface area (Å²) in [5, 5.41) is 8.91. The second-order valence-electron chi connectivity index (χ2n) is 4.42. The molecule has 0 spiro atoms.